The lowest BCUT2D eigenvalue weighted by Gasteiger charge is -2.14. The maximum atomic E-state index is 8.68. The van der Waals surface area contributed by atoms with Crippen LogP contribution in [0.5, 0.6) is 0 Å². The molecule has 0 bridgehead atoms. The molecule has 18 heavy (non-hydrogen) atoms. The number of rotatable bonds is 4. The fourth-order valence-corrected chi connectivity index (χ4v) is 2.21. The van der Waals surface area contributed by atoms with Crippen LogP contribution in [-0.2, 0) is 6.42 Å². The molecule has 0 saturated carbocycles. The molecule has 0 N–H and O–H groups in total. The van der Waals surface area contributed by atoms with Gasteiger partial charge in [0.05, 0.1) is 0 Å². The molecule has 2 aromatic rings. The van der Waals surface area contributed by atoms with Gasteiger partial charge in [-0.1, -0.05) is 49.4 Å². The van der Waals surface area contributed by atoms with Crippen molar-refractivity contribution in [2.45, 2.75) is 25.7 Å². The summed E-state index contributed by atoms with van der Waals surface area (Å²) in [5.74, 6) is 0.514. The van der Waals surface area contributed by atoms with Crippen LogP contribution in [0.2, 0.25) is 0 Å². The van der Waals surface area contributed by atoms with E-state index in [2.05, 4.69) is 36.2 Å². The molecule has 1 unspecified atom stereocenters. The Hall–Kier alpha value is -2.14. The van der Waals surface area contributed by atoms with E-state index in [4.69, 9.17) is 5.39 Å². The summed E-state index contributed by atoms with van der Waals surface area (Å²) in [6, 6.07) is 18.3. The van der Waals surface area contributed by atoms with E-state index in [-0.39, 0.29) is 0 Å². The van der Waals surface area contributed by atoms with Crippen LogP contribution >= 0.6 is 0 Å². The molecule has 0 spiro atoms. The molecule has 2 heteroatoms. The van der Waals surface area contributed by atoms with Gasteiger partial charge in [0.2, 0.25) is 5.39 Å². The first-order valence-electron chi connectivity index (χ1n) is 6.32. The lowest BCUT2D eigenvalue weighted by molar-refractivity contribution is 0.660. The third kappa shape index (κ3) is 2.95. The van der Waals surface area contributed by atoms with Gasteiger partial charge in [0, 0.05) is 12.1 Å². The van der Waals surface area contributed by atoms with Crippen molar-refractivity contribution in [1.82, 2.24) is 0 Å². The number of hydrogen-bond acceptors (Lipinski definition) is 1. The Morgan fingerprint density at radius 2 is 1.67 bits per heavy atom. The normalized spacial score (nSPS) is 11.8. The minimum atomic E-state index is 0.514. The fourth-order valence-electron chi connectivity index (χ4n) is 2.21. The molecule has 0 amide bonds. The highest BCUT2D eigenvalue weighted by Gasteiger charge is 2.12. The van der Waals surface area contributed by atoms with Crippen molar-refractivity contribution in [2.24, 2.45) is 0 Å². The molecule has 90 valence electrons. The summed E-state index contributed by atoms with van der Waals surface area (Å²) < 4.78 is 0. The van der Waals surface area contributed by atoms with E-state index in [1.54, 1.807) is 0 Å². The number of diazo groups is 1. The number of benzene rings is 2. The van der Waals surface area contributed by atoms with E-state index in [0.717, 1.165) is 12.8 Å². The monoisotopic (exact) mass is 237 g/mol. The van der Waals surface area contributed by atoms with E-state index in [1.807, 2.05) is 30.3 Å². The first kappa shape index (κ1) is 12.3. The van der Waals surface area contributed by atoms with Crippen LogP contribution in [0.1, 0.15) is 30.4 Å². The zero-order chi connectivity index (χ0) is 12.8. The van der Waals surface area contributed by atoms with Gasteiger partial charge in [-0.15, -0.1) is 0 Å². The van der Waals surface area contributed by atoms with E-state index >= 15 is 0 Å². The molecule has 2 aromatic carbocycles. The summed E-state index contributed by atoms with van der Waals surface area (Å²) in [4.78, 5) is 3.18. The zero-order valence-electron chi connectivity index (χ0n) is 10.6. The van der Waals surface area contributed by atoms with Crippen molar-refractivity contribution < 1.29 is 0 Å². The van der Waals surface area contributed by atoms with Crippen molar-refractivity contribution in [3.8, 4) is 0 Å². The molecular formula is C16H17N2+. The lowest BCUT2D eigenvalue weighted by Crippen LogP contribution is -2.01. The Balaban J connectivity index is 2.15. The molecular weight excluding hydrogens is 220 g/mol. The van der Waals surface area contributed by atoms with Crippen LogP contribution in [0.25, 0.3) is 4.98 Å². The van der Waals surface area contributed by atoms with Gasteiger partial charge in [-0.05, 0) is 29.9 Å². The van der Waals surface area contributed by atoms with Crippen molar-refractivity contribution >= 4 is 5.69 Å². The van der Waals surface area contributed by atoms with Gasteiger partial charge in [-0.25, -0.2) is 0 Å². The number of hydrogen-bond donors (Lipinski definition) is 0. The van der Waals surface area contributed by atoms with Crippen molar-refractivity contribution in [3.63, 3.8) is 0 Å². The highest BCUT2D eigenvalue weighted by atomic mass is 14.8. The van der Waals surface area contributed by atoms with Crippen LogP contribution in [0.3, 0.4) is 0 Å². The van der Waals surface area contributed by atoms with E-state index in [9.17, 15) is 0 Å². The van der Waals surface area contributed by atoms with Crippen molar-refractivity contribution in [2.75, 3.05) is 0 Å². The molecule has 0 aromatic heterocycles. The predicted octanol–water partition coefficient (Wildman–Crippen LogP) is 4.91. The van der Waals surface area contributed by atoms with Crippen LogP contribution in [0.4, 0.5) is 5.69 Å². The molecule has 0 aliphatic rings. The molecule has 0 radical (unpaired) electrons. The first-order valence-corrected chi connectivity index (χ1v) is 6.32. The summed E-state index contributed by atoms with van der Waals surface area (Å²) in [7, 11) is 0. The van der Waals surface area contributed by atoms with E-state index < -0.39 is 0 Å². The standard InChI is InChI=1S/C16H17N2/c1-2-14(12-13-6-4-3-5-7-13)15-8-10-16(18-17)11-9-15/h3-11,14H,2,12H2,1H3/q+1. The topological polar surface area (TPSA) is 28.1 Å². The molecule has 0 aliphatic carbocycles. The Labute approximate surface area is 108 Å². The minimum Gasteiger partial charge on any atom is -0.0648 e. The smallest absolute Gasteiger partial charge is 0.0648 e. The number of nitrogens with zero attached hydrogens (tertiary/aromatic N) is 2. The highest BCUT2D eigenvalue weighted by Crippen LogP contribution is 2.26. The fraction of sp³-hybridized carbons (Fsp3) is 0.250. The second-order valence-electron chi connectivity index (χ2n) is 4.49. The molecule has 0 fully saturated rings. The van der Waals surface area contributed by atoms with Gasteiger partial charge < -0.3 is 0 Å². The summed E-state index contributed by atoms with van der Waals surface area (Å²) in [5, 5.41) is 8.68. The van der Waals surface area contributed by atoms with Gasteiger partial charge in [0.25, 0.3) is 0 Å². The average molecular weight is 237 g/mol. The van der Waals surface area contributed by atoms with Crippen LogP contribution in [-0.4, -0.2) is 0 Å². The highest BCUT2D eigenvalue weighted by molar-refractivity contribution is 5.45. The third-order valence-corrected chi connectivity index (χ3v) is 3.30. The first-order chi connectivity index (χ1) is 8.83. The Morgan fingerprint density at radius 1 is 1.00 bits per heavy atom. The van der Waals surface area contributed by atoms with E-state index in [1.165, 1.54) is 11.1 Å². The van der Waals surface area contributed by atoms with Crippen molar-refractivity contribution in [1.29, 1.82) is 5.39 Å². The van der Waals surface area contributed by atoms with Crippen molar-refractivity contribution in [3.05, 3.63) is 70.7 Å². The predicted molar refractivity (Wildman–Crippen MR) is 74.4 cm³/mol. The molecule has 2 nitrogen and oxygen atoms in total. The Kier molecular flexibility index (Phi) is 4.09. The maximum absolute atomic E-state index is 8.68. The van der Waals surface area contributed by atoms with Crippen LogP contribution < -0.4 is 0 Å². The largest absolute Gasteiger partial charge is 0.385 e. The Morgan fingerprint density at radius 3 is 2.22 bits per heavy atom. The summed E-state index contributed by atoms with van der Waals surface area (Å²) in [5.41, 5.74) is 3.27. The minimum absolute atomic E-state index is 0.514. The average Bonchev–Trinajstić information content (AvgIpc) is 2.46. The molecule has 2 rings (SSSR count). The Bertz CT molecular complexity index is 523. The molecule has 1 atom stereocenters. The van der Waals surface area contributed by atoms with Gasteiger partial charge >= 0.3 is 5.69 Å². The summed E-state index contributed by atoms with van der Waals surface area (Å²) >= 11 is 0. The van der Waals surface area contributed by atoms with Gasteiger partial charge in [0.1, 0.15) is 0 Å². The maximum Gasteiger partial charge on any atom is 0.385 e. The SMILES string of the molecule is CCC(Cc1ccccc1)c1ccc([N+]#N)cc1. The quantitative estimate of drug-likeness (QED) is 0.694. The van der Waals surface area contributed by atoms with Gasteiger partial charge in [-0.3, -0.25) is 0 Å². The zero-order valence-corrected chi connectivity index (χ0v) is 10.6. The van der Waals surface area contributed by atoms with Gasteiger partial charge in [0.15, 0.2) is 4.98 Å². The molecule has 0 aliphatic heterocycles. The van der Waals surface area contributed by atoms with Crippen LogP contribution in [0.15, 0.2) is 54.6 Å². The second-order valence-corrected chi connectivity index (χ2v) is 4.49. The van der Waals surface area contributed by atoms with E-state index in [0.29, 0.717) is 11.6 Å². The second kappa shape index (κ2) is 5.97. The summed E-state index contributed by atoms with van der Waals surface area (Å²) in [6.07, 6.45) is 2.15. The molecule has 0 heterocycles. The molecule has 0 saturated heterocycles. The third-order valence-electron chi connectivity index (χ3n) is 3.30. The summed E-state index contributed by atoms with van der Waals surface area (Å²) in [6.45, 7) is 2.21. The lowest BCUT2D eigenvalue weighted by atomic mass is 9.90. The van der Waals surface area contributed by atoms with Crippen LogP contribution in [0, 0.1) is 5.39 Å². The van der Waals surface area contributed by atoms with Gasteiger partial charge in [-0.2, -0.15) is 0 Å².